The maximum Gasteiger partial charge on any atom is 1.00 e. The van der Waals surface area contributed by atoms with Crippen LogP contribution in [-0.2, 0) is 14.7 Å². The first-order valence-corrected chi connectivity index (χ1v) is 2.37. The summed E-state index contributed by atoms with van der Waals surface area (Å²) in [5.41, 5.74) is 0. The van der Waals surface area contributed by atoms with Gasteiger partial charge in [-0.05, 0) is 0 Å². The molecule has 0 radical (unpaired) electrons. The second-order valence-electron chi connectivity index (χ2n) is 0.476. The zero-order valence-electron chi connectivity index (χ0n) is 5.75. The van der Waals surface area contributed by atoms with E-state index in [1.807, 2.05) is 0 Å². The maximum atomic E-state index is 8.91. The first-order chi connectivity index (χ1) is 3.56. The third-order valence-electron chi connectivity index (χ3n) is 0.0833. The molecule has 0 unspecified atom stereocenters. The van der Waals surface area contributed by atoms with Crippen LogP contribution in [0.15, 0.2) is 0 Å². The zero-order chi connectivity index (χ0) is 7.21. The van der Waals surface area contributed by atoms with Crippen LogP contribution in [0, 0.1) is 0 Å². The van der Waals surface area contributed by atoms with Gasteiger partial charge in [-0.1, -0.05) is 0 Å². The largest absolute Gasteiger partial charge is 1.00 e. The van der Waals surface area contributed by atoms with E-state index in [-0.39, 0.29) is 105 Å². The topological polar surface area (TPSA) is 130 Å². The summed E-state index contributed by atoms with van der Waals surface area (Å²) in [5, 5.41) is 20.6. The van der Waals surface area contributed by atoms with E-state index in [4.69, 9.17) is 28.7 Å². The van der Waals surface area contributed by atoms with Gasteiger partial charge in [-0.2, -0.15) is 0 Å². The molecule has 0 saturated heterocycles. The molecule has 11 heavy (non-hydrogen) atoms. The molecule has 7 nitrogen and oxygen atoms in total. The molecule has 0 aromatic rings. The van der Waals surface area contributed by atoms with E-state index in [0.29, 0.717) is 0 Å². The average molecular weight is 336 g/mol. The second kappa shape index (κ2) is 18.8. The van der Waals surface area contributed by atoms with Crippen molar-refractivity contribution < 1.29 is 114 Å². The summed E-state index contributed by atoms with van der Waals surface area (Å²) in [6.07, 6.45) is 0. The van der Waals surface area contributed by atoms with E-state index < -0.39 is 10.4 Å². The Hall–Kier alpha value is 3.12. The third kappa shape index (κ3) is 43.3. The predicted octanol–water partition coefficient (Wildman–Crippen LogP) is -7.62. The van der Waals surface area contributed by atoms with Gasteiger partial charge in [0.2, 0.25) is 10.4 Å². The van der Waals surface area contributed by atoms with Crippen molar-refractivity contribution in [2.75, 3.05) is 0 Å². The summed E-state index contributed by atoms with van der Waals surface area (Å²) in [6.45, 7) is 0. The molecule has 0 aromatic heterocycles. The van der Waals surface area contributed by atoms with Crippen LogP contribution in [0.4, 0.5) is 0 Å². The fourth-order valence-electron chi connectivity index (χ4n) is 0. The van der Waals surface area contributed by atoms with E-state index in [1.165, 1.54) is 0 Å². The van der Waals surface area contributed by atoms with Crippen molar-refractivity contribution in [3.05, 3.63) is 0 Å². The van der Waals surface area contributed by atoms with E-state index in [1.54, 1.807) is 0 Å². The van der Waals surface area contributed by atoms with Gasteiger partial charge in [0.15, 0.2) is 0 Å². The van der Waals surface area contributed by atoms with Gasteiger partial charge < -0.3 is 14.1 Å². The summed E-state index contributed by atoms with van der Waals surface area (Å²) in [4.78, 5) is 0. The van der Waals surface area contributed by atoms with Crippen molar-refractivity contribution in [3.8, 4) is 0 Å². The van der Waals surface area contributed by atoms with E-state index in [9.17, 15) is 0 Å². The Morgan fingerprint density at radius 3 is 1.36 bits per heavy atom. The molecule has 0 atom stereocenters. The maximum absolute atomic E-state index is 8.91. The van der Waals surface area contributed by atoms with Crippen LogP contribution in [0.1, 0.15) is 0 Å². The minimum absolute atomic E-state index is 0. The van der Waals surface area contributed by atoms with Gasteiger partial charge in [0.1, 0.15) is 0 Å². The number of halogens is 1. The first-order valence-electron chi connectivity index (χ1n) is 1.03. The van der Waals surface area contributed by atoms with E-state index >= 15 is 0 Å². The Kier molecular flexibility index (Phi) is 50.0. The molecule has 0 aliphatic carbocycles. The molecule has 0 fully saturated rings. The number of hydrogen-bond acceptors (Lipinski definition) is 7. The SMILES string of the molecule is I.O=S(=O)([O-])O[O-].OO.[K+].[Na+]. The minimum Gasteiger partial charge on any atom is -0.726 e. The fourth-order valence-corrected chi connectivity index (χ4v) is 0. The molecule has 0 rings (SSSR count). The van der Waals surface area contributed by atoms with Crippen LogP contribution in [0.25, 0.3) is 0 Å². The van der Waals surface area contributed by atoms with Crippen LogP contribution >= 0.6 is 24.0 Å². The van der Waals surface area contributed by atoms with Crippen molar-refractivity contribution in [1.82, 2.24) is 0 Å². The summed E-state index contributed by atoms with van der Waals surface area (Å²) in [7, 11) is -4.97. The summed E-state index contributed by atoms with van der Waals surface area (Å²) in [5.74, 6) is 0. The van der Waals surface area contributed by atoms with Gasteiger partial charge >= 0.3 is 80.9 Å². The Morgan fingerprint density at radius 1 is 1.27 bits per heavy atom. The summed E-state index contributed by atoms with van der Waals surface area (Å²) >= 11 is 0. The number of rotatable bonds is 1. The van der Waals surface area contributed by atoms with E-state index in [0.717, 1.165) is 0 Å². The van der Waals surface area contributed by atoms with Crippen molar-refractivity contribution >= 4 is 34.4 Å². The Labute approximate surface area is 145 Å². The molecule has 0 heterocycles. The fraction of sp³-hybridized carbons (Fsp3) is 0. The average Bonchev–Trinajstić information content (AvgIpc) is 1.71. The molecule has 2 N–H and O–H groups in total. The van der Waals surface area contributed by atoms with Crippen molar-refractivity contribution in [3.63, 3.8) is 0 Å². The standard InChI is InChI=1S/HI.K.Na.H2O5S.H2O2/c;;;1-5-6(2,3)4;1-2/h1H;;;1H,(H,2,3,4);1-2H/q;2*+1;;/p-2. The molecule has 0 aliphatic heterocycles. The summed E-state index contributed by atoms with van der Waals surface area (Å²) in [6, 6.07) is 0. The van der Waals surface area contributed by atoms with Gasteiger partial charge in [0.05, 0.1) is 0 Å². The number of hydrogen-bond donors (Lipinski definition) is 2. The molecule has 0 aromatic carbocycles. The van der Waals surface area contributed by atoms with Crippen molar-refractivity contribution in [1.29, 1.82) is 0 Å². The van der Waals surface area contributed by atoms with Gasteiger partial charge in [0.25, 0.3) is 0 Å². The molecule has 0 aliphatic rings. The molecule has 0 bridgehead atoms. The van der Waals surface area contributed by atoms with Crippen LogP contribution < -0.4 is 86.2 Å². The van der Waals surface area contributed by atoms with Crippen LogP contribution in [-0.4, -0.2) is 23.5 Å². The molecule has 11 heteroatoms. The molecular formula is H3IKNaO7S. The Balaban J connectivity index is -0.0000000222. The quantitative estimate of drug-likeness (QED) is 0.121. The normalized spacial score (nSPS) is 6.91. The zero-order valence-corrected chi connectivity index (χ0v) is 14.0. The van der Waals surface area contributed by atoms with Gasteiger partial charge in [-0.15, -0.1) is 24.0 Å². The predicted molar refractivity (Wildman–Crippen MR) is 31.5 cm³/mol. The first kappa shape index (κ1) is 29.2. The van der Waals surface area contributed by atoms with E-state index in [2.05, 4.69) is 4.33 Å². The second-order valence-corrected chi connectivity index (χ2v) is 1.43. The monoisotopic (exact) mass is 336 g/mol. The molecular weight excluding hydrogens is 333 g/mol. The molecule has 0 amide bonds. The molecule has 0 spiro atoms. The smallest absolute Gasteiger partial charge is 0.726 e. The molecule has 0 saturated carbocycles. The van der Waals surface area contributed by atoms with Crippen LogP contribution in [0.3, 0.4) is 0 Å². The Morgan fingerprint density at radius 2 is 1.36 bits per heavy atom. The summed E-state index contributed by atoms with van der Waals surface area (Å²) < 4.78 is 28.8. The Bertz CT molecular complexity index is 120. The van der Waals surface area contributed by atoms with Crippen LogP contribution in [0.5, 0.6) is 0 Å². The van der Waals surface area contributed by atoms with Crippen molar-refractivity contribution in [2.24, 2.45) is 0 Å². The minimum atomic E-state index is -4.97. The van der Waals surface area contributed by atoms with Gasteiger partial charge in [0, 0.05) is 0 Å². The third-order valence-corrected chi connectivity index (χ3v) is 0.250. The van der Waals surface area contributed by atoms with Crippen LogP contribution in [0.2, 0.25) is 0 Å². The van der Waals surface area contributed by atoms with Gasteiger partial charge in [-0.3, -0.25) is 10.5 Å². The van der Waals surface area contributed by atoms with Crippen molar-refractivity contribution in [2.45, 2.75) is 0 Å². The van der Waals surface area contributed by atoms with Gasteiger partial charge in [-0.25, -0.2) is 8.42 Å². The molecule has 60 valence electrons.